The monoisotopic (exact) mass is 200 g/mol. The van der Waals surface area contributed by atoms with Crippen LogP contribution in [0.2, 0.25) is 0 Å². The zero-order valence-electron chi connectivity index (χ0n) is 8.36. The van der Waals surface area contributed by atoms with Crippen molar-refractivity contribution in [1.82, 2.24) is 5.32 Å². The molecule has 1 saturated heterocycles. The van der Waals surface area contributed by atoms with Crippen LogP contribution in [-0.4, -0.2) is 12.5 Å². The average molecular weight is 200 g/mol. The molecule has 1 aliphatic rings. The van der Waals surface area contributed by atoms with Gasteiger partial charge in [-0.15, -0.1) is 0 Å². The van der Waals surface area contributed by atoms with Crippen LogP contribution in [0.5, 0.6) is 0 Å². The Kier molecular flexibility index (Phi) is 2.42. The second-order valence-corrected chi connectivity index (χ2v) is 3.84. The van der Waals surface area contributed by atoms with Gasteiger partial charge in [0.15, 0.2) is 0 Å². The highest BCUT2D eigenvalue weighted by Crippen LogP contribution is 2.30. The maximum absolute atomic E-state index is 11.1. The molecule has 0 aromatic heterocycles. The summed E-state index contributed by atoms with van der Waals surface area (Å²) in [5, 5.41) is 12.0. The molecule has 0 bridgehead atoms. The Bertz CT molecular complexity index is 395. The third kappa shape index (κ3) is 1.71. The van der Waals surface area contributed by atoms with Gasteiger partial charge in [0.05, 0.1) is 11.5 Å². The van der Waals surface area contributed by atoms with Gasteiger partial charge < -0.3 is 5.32 Å². The van der Waals surface area contributed by atoms with Crippen LogP contribution in [0.15, 0.2) is 30.3 Å². The SMILES string of the molecule is N#C[C@]1(c2ccccc2)CCC(=O)NC1. The number of carbonyl (C=O) groups is 1. The van der Waals surface area contributed by atoms with E-state index in [1.165, 1.54) is 0 Å². The fourth-order valence-electron chi connectivity index (χ4n) is 1.92. The minimum atomic E-state index is -0.533. The van der Waals surface area contributed by atoms with Gasteiger partial charge in [-0.3, -0.25) is 4.79 Å². The molecule has 1 aromatic rings. The number of rotatable bonds is 1. The van der Waals surface area contributed by atoms with E-state index in [1.54, 1.807) is 0 Å². The first-order valence-electron chi connectivity index (χ1n) is 5.00. The zero-order valence-corrected chi connectivity index (χ0v) is 8.36. The number of nitrogens with one attached hydrogen (secondary N) is 1. The molecule has 0 aliphatic carbocycles. The minimum absolute atomic E-state index is 0.0387. The van der Waals surface area contributed by atoms with Gasteiger partial charge in [-0.25, -0.2) is 0 Å². The quantitative estimate of drug-likeness (QED) is 0.744. The van der Waals surface area contributed by atoms with Crippen LogP contribution < -0.4 is 5.32 Å². The molecule has 2 rings (SSSR count). The van der Waals surface area contributed by atoms with Crippen LogP contribution in [0.1, 0.15) is 18.4 Å². The first kappa shape index (κ1) is 9.72. The van der Waals surface area contributed by atoms with Crippen LogP contribution in [0.4, 0.5) is 0 Å². The molecule has 1 fully saturated rings. The number of hydrogen-bond donors (Lipinski definition) is 1. The number of nitriles is 1. The van der Waals surface area contributed by atoms with Crippen molar-refractivity contribution < 1.29 is 4.79 Å². The average Bonchev–Trinajstić information content (AvgIpc) is 2.32. The van der Waals surface area contributed by atoms with Gasteiger partial charge >= 0.3 is 0 Å². The summed E-state index contributed by atoms with van der Waals surface area (Å²) < 4.78 is 0. The van der Waals surface area contributed by atoms with E-state index in [0.717, 1.165) is 5.56 Å². The molecular weight excluding hydrogens is 188 g/mol. The zero-order chi connectivity index (χ0) is 10.7. The smallest absolute Gasteiger partial charge is 0.220 e. The Morgan fingerprint density at radius 3 is 2.60 bits per heavy atom. The van der Waals surface area contributed by atoms with E-state index in [0.29, 0.717) is 19.4 Å². The normalized spacial score (nSPS) is 25.4. The van der Waals surface area contributed by atoms with Gasteiger partial charge in [-0.05, 0) is 12.0 Å². The second-order valence-electron chi connectivity index (χ2n) is 3.84. The summed E-state index contributed by atoms with van der Waals surface area (Å²) in [6.45, 7) is 0.423. The van der Waals surface area contributed by atoms with Crippen molar-refractivity contribution in [1.29, 1.82) is 5.26 Å². The summed E-state index contributed by atoms with van der Waals surface area (Å²) in [4.78, 5) is 11.1. The molecule has 0 radical (unpaired) electrons. The van der Waals surface area contributed by atoms with Gasteiger partial charge in [-0.2, -0.15) is 5.26 Å². The van der Waals surface area contributed by atoms with Crippen LogP contribution in [-0.2, 0) is 10.2 Å². The van der Waals surface area contributed by atoms with Crippen LogP contribution in [0.25, 0.3) is 0 Å². The Labute approximate surface area is 88.7 Å². The van der Waals surface area contributed by atoms with Crippen molar-refractivity contribution >= 4 is 5.91 Å². The van der Waals surface area contributed by atoms with Crippen molar-refractivity contribution in [3.8, 4) is 6.07 Å². The van der Waals surface area contributed by atoms with Crippen LogP contribution >= 0.6 is 0 Å². The first-order chi connectivity index (χ1) is 7.27. The number of carbonyl (C=O) groups excluding carboxylic acids is 1. The Balaban J connectivity index is 2.32. The number of amides is 1. The van der Waals surface area contributed by atoms with Gasteiger partial charge in [0.25, 0.3) is 0 Å². The molecule has 0 unspecified atom stereocenters. The van der Waals surface area contributed by atoms with E-state index in [1.807, 2.05) is 30.3 Å². The Morgan fingerprint density at radius 2 is 2.07 bits per heavy atom. The topological polar surface area (TPSA) is 52.9 Å². The van der Waals surface area contributed by atoms with Crippen molar-refractivity contribution in [3.05, 3.63) is 35.9 Å². The highest BCUT2D eigenvalue weighted by atomic mass is 16.1. The van der Waals surface area contributed by atoms with Crippen molar-refractivity contribution in [2.75, 3.05) is 6.54 Å². The second kappa shape index (κ2) is 3.74. The van der Waals surface area contributed by atoms with E-state index in [2.05, 4.69) is 11.4 Å². The Hall–Kier alpha value is -1.82. The van der Waals surface area contributed by atoms with Crippen molar-refractivity contribution in [2.45, 2.75) is 18.3 Å². The maximum Gasteiger partial charge on any atom is 0.220 e. The van der Waals surface area contributed by atoms with Crippen LogP contribution in [0, 0.1) is 11.3 Å². The molecule has 1 aliphatic heterocycles. The summed E-state index contributed by atoms with van der Waals surface area (Å²) in [6.07, 6.45) is 1.04. The van der Waals surface area contributed by atoms with E-state index in [4.69, 9.17) is 0 Å². The lowest BCUT2D eigenvalue weighted by Crippen LogP contribution is -2.45. The largest absolute Gasteiger partial charge is 0.354 e. The van der Waals surface area contributed by atoms with Gasteiger partial charge in [-0.1, -0.05) is 30.3 Å². The minimum Gasteiger partial charge on any atom is -0.354 e. The summed E-state index contributed by atoms with van der Waals surface area (Å²) in [5.41, 5.74) is 0.460. The summed E-state index contributed by atoms with van der Waals surface area (Å²) in [6, 6.07) is 12.0. The molecule has 1 atom stereocenters. The molecule has 1 aromatic carbocycles. The van der Waals surface area contributed by atoms with Crippen molar-refractivity contribution in [2.24, 2.45) is 0 Å². The summed E-state index contributed by atoms with van der Waals surface area (Å²) in [7, 11) is 0. The van der Waals surface area contributed by atoms with E-state index in [9.17, 15) is 10.1 Å². The van der Waals surface area contributed by atoms with Crippen molar-refractivity contribution in [3.63, 3.8) is 0 Å². The third-order valence-electron chi connectivity index (χ3n) is 2.91. The van der Waals surface area contributed by atoms with E-state index in [-0.39, 0.29) is 5.91 Å². The molecule has 0 saturated carbocycles. The fraction of sp³-hybridized carbons (Fsp3) is 0.333. The molecule has 1 N–H and O–H groups in total. The molecule has 3 heteroatoms. The van der Waals surface area contributed by atoms with Gasteiger partial charge in [0.1, 0.15) is 0 Å². The van der Waals surface area contributed by atoms with Crippen LogP contribution in [0.3, 0.4) is 0 Å². The highest BCUT2D eigenvalue weighted by molar-refractivity contribution is 5.77. The lowest BCUT2D eigenvalue weighted by Gasteiger charge is -2.31. The van der Waals surface area contributed by atoms with E-state index < -0.39 is 5.41 Å². The number of benzene rings is 1. The number of piperidine rings is 1. The molecule has 0 spiro atoms. The summed E-state index contributed by atoms with van der Waals surface area (Å²) in [5.74, 6) is 0.0387. The third-order valence-corrected chi connectivity index (χ3v) is 2.91. The lowest BCUT2D eigenvalue weighted by atomic mass is 9.76. The standard InChI is InChI=1S/C12H12N2O/c13-8-12(7-6-11(15)14-9-12)10-4-2-1-3-5-10/h1-5H,6-7,9H2,(H,14,15)/t12-/m1/s1. The fourth-order valence-corrected chi connectivity index (χ4v) is 1.92. The van der Waals surface area contributed by atoms with Gasteiger partial charge in [0, 0.05) is 13.0 Å². The summed E-state index contributed by atoms with van der Waals surface area (Å²) >= 11 is 0. The Morgan fingerprint density at radius 1 is 1.33 bits per heavy atom. The number of nitrogens with zero attached hydrogens (tertiary/aromatic N) is 1. The molecule has 1 heterocycles. The molecular formula is C12H12N2O. The predicted molar refractivity (Wildman–Crippen MR) is 56.0 cm³/mol. The molecule has 76 valence electrons. The predicted octanol–water partition coefficient (Wildman–Crippen LogP) is 1.36. The maximum atomic E-state index is 11.1. The first-order valence-corrected chi connectivity index (χ1v) is 5.00. The highest BCUT2D eigenvalue weighted by Gasteiger charge is 2.36. The van der Waals surface area contributed by atoms with E-state index >= 15 is 0 Å². The lowest BCUT2D eigenvalue weighted by molar-refractivity contribution is -0.122. The van der Waals surface area contributed by atoms with Gasteiger partial charge in [0.2, 0.25) is 5.91 Å². The number of hydrogen-bond acceptors (Lipinski definition) is 2. The molecule has 1 amide bonds. The molecule has 15 heavy (non-hydrogen) atoms. The molecule has 3 nitrogen and oxygen atoms in total.